The second-order valence-electron chi connectivity index (χ2n) is 6.60. The van der Waals surface area contributed by atoms with Crippen molar-refractivity contribution in [3.8, 4) is 5.75 Å². The number of ether oxygens (including phenoxy) is 1. The largest absolute Gasteiger partial charge is 0.497 e. The van der Waals surface area contributed by atoms with Crippen molar-refractivity contribution >= 4 is 16.9 Å². The molecule has 134 valence electrons. The number of rotatable bonds is 4. The van der Waals surface area contributed by atoms with Crippen LogP contribution in [0.25, 0.3) is 11.0 Å². The van der Waals surface area contributed by atoms with Crippen LogP contribution in [-0.4, -0.2) is 24.5 Å². The average molecular weight is 353 g/mol. The van der Waals surface area contributed by atoms with E-state index in [1.807, 2.05) is 23.1 Å². The number of carbonyl (C=O) groups excluding carboxylic acids is 1. The highest BCUT2D eigenvalue weighted by atomic mass is 19.1. The van der Waals surface area contributed by atoms with E-state index < -0.39 is 0 Å². The Hall–Kier alpha value is -2.82. The number of methoxy groups -OCH3 is 1. The van der Waals surface area contributed by atoms with Crippen molar-refractivity contribution in [2.75, 3.05) is 13.7 Å². The molecule has 0 bridgehead atoms. The number of benzene rings is 2. The maximum atomic E-state index is 13.2. The van der Waals surface area contributed by atoms with Crippen LogP contribution in [0.15, 0.2) is 53.1 Å². The molecule has 1 unspecified atom stereocenters. The first-order valence-corrected chi connectivity index (χ1v) is 8.75. The molecule has 1 aliphatic rings. The smallest absolute Gasteiger partial charge is 0.227 e. The van der Waals surface area contributed by atoms with Crippen LogP contribution in [0.4, 0.5) is 4.39 Å². The molecule has 2 aromatic carbocycles. The van der Waals surface area contributed by atoms with E-state index in [1.54, 1.807) is 25.5 Å². The summed E-state index contributed by atoms with van der Waals surface area (Å²) in [5.74, 6) is 0.529. The van der Waals surface area contributed by atoms with Crippen molar-refractivity contribution < 1.29 is 18.3 Å². The van der Waals surface area contributed by atoms with Gasteiger partial charge in [-0.25, -0.2) is 4.39 Å². The van der Waals surface area contributed by atoms with Crippen molar-refractivity contribution in [3.05, 3.63) is 65.7 Å². The van der Waals surface area contributed by atoms with Crippen LogP contribution in [0.5, 0.6) is 5.75 Å². The van der Waals surface area contributed by atoms with Gasteiger partial charge in [-0.1, -0.05) is 12.1 Å². The van der Waals surface area contributed by atoms with Crippen LogP contribution in [-0.2, 0) is 11.2 Å². The minimum Gasteiger partial charge on any atom is -0.497 e. The van der Waals surface area contributed by atoms with Gasteiger partial charge in [-0.05, 0) is 42.7 Å². The minimum atomic E-state index is -0.259. The Morgan fingerprint density at radius 3 is 2.85 bits per heavy atom. The molecule has 0 spiro atoms. The number of nitrogens with zero attached hydrogens (tertiary/aromatic N) is 1. The molecular formula is C21H20FNO3. The third kappa shape index (κ3) is 3.05. The fourth-order valence-electron chi connectivity index (χ4n) is 3.69. The van der Waals surface area contributed by atoms with Crippen LogP contribution in [0.1, 0.15) is 30.0 Å². The molecule has 5 heteroatoms. The van der Waals surface area contributed by atoms with Crippen LogP contribution < -0.4 is 4.74 Å². The second kappa shape index (κ2) is 6.83. The number of furan rings is 1. The lowest BCUT2D eigenvalue weighted by Crippen LogP contribution is -2.31. The number of halogens is 1. The first-order valence-electron chi connectivity index (χ1n) is 8.75. The van der Waals surface area contributed by atoms with Crippen molar-refractivity contribution in [3.63, 3.8) is 0 Å². The molecule has 1 fully saturated rings. The van der Waals surface area contributed by atoms with Crippen LogP contribution in [0.3, 0.4) is 0 Å². The predicted octanol–water partition coefficient (Wildman–Crippen LogP) is 4.49. The number of hydrogen-bond acceptors (Lipinski definition) is 3. The van der Waals surface area contributed by atoms with E-state index in [0.717, 1.165) is 41.6 Å². The van der Waals surface area contributed by atoms with E-state index in [-0.39, 0.29) is 24.2 Å². The zero-order valence-corrected chi connectivity index (χ0v) is 14.6. The van der Waals surface area contributed by atoms with Gasteiger partial charge in [0, 0.05) is 23.6 Å². The Kier molecular flexibility index (Phi) is 4.37. The Morgan fingerprint density at radius 1 is 1.27 bits per heavy atom. The molecule has 0 aliphatic carbocycles. The molecular weight excluding hydrogens is 333 g/mol. The molecule has 1 aromatic heterocycles. The summed E-state index contributed by atoms with van der Waals surface area (Å²) < 4.78 is 24.0. The fourth-order valence-corrected chi connectivity index (χ4v) is 3.69. The molecule has 1 saturated heterocycles. The Bertz CT molecular complexity index is 932. The maximum absolute atomic E-state index is 13.2. The molecule has 1 atom stereocenters. The quantitative estimate of drug-likeness (QED) is 0.694. The van der Waals surface area contributed by atoms with Gasteiger partial charge < -0.3 is 14.1 Å². The maximum Gasteiger partial charge on any atom is 0.227 e. The Labute approximate surface area is 151 Å². The van der Waals surface area contributed by atoms with Crippen LogP contribution in [0, 0.1) is 5.82 Å². The lowest BCUT2D eigenvalue weighted by atomic mass is 10.0. The molecule has 0 saturated carbocycles. The predicted molar refractivity (Wildman–Crippen MR) is 96.6 cm³/mol. The molecule has 1 amide bonds. The average Bonchev–Trinajstić information content (AvgIpc) is 3.29. The van der Waals surface area contributed by atoms with Gasteiger partial charge in [0.15, 0.2) is 0 Å². The van der Waals surface area contributed by atoms with Gasteiger partial charge in [-0.15, -0.1) is 0 Å². The number of likely N-dealkylation sites (tertiary alicyclic amines) is 1. The second-order valence-corrected chi connectivity index (χ2v) is 6.60. The lowest BCUT2D eigenvalue weighted by Gasteiger charge is -2.25. The van der Waals surface area contributed by atoms with E-state index >= 15 is 0 Å². The van der Waals surface area contributed by atoms with E-state index in [0.29, 0.717) is 5.58 Å². The third-order valence-corrected chi connectivity index (χ3v) is 5.03. The van der Waals surface area contributed by atoms with Crippen molar-refractivity contribution in [2.45, 2.75) is 25.3 Å². The summed E-state index contributed by atoms with van der Waals surface area (Å²) >= 11 is 0. The molecule has 2 heterocycles. The summed E-state index contributed by atoms with van der Waals surface area (Å²) in [5, 5.41) is 0.927. The zero-order chi connectivity index (χ0) is 18.1. The van der Waals surface area contributed by atoms with E-state index in [1.165, 1.54) is 12.1 Å². The Balaban J connectivity index is 1.55. The van der Waals surface area contributed by atoms with E-state index in [2.05, 4.69) is 0 Å². The van der Waals surface area contributed by atoms with Crippen LogP contribution in [0.2, 0.25) is 0 Å². The summed E-state index contributed by atoms with van der Waals surface area (Å²) in [4.78, 5) is 14.8. The lowest BCUT2D eigenvalue weighted by molar-refractivity contribution is -0.131. The molecule has 4 rings (SSSR count). The first kappa shape index (κ1) is 16.6. The standard InChI is InChI=1S/C21H20FNO3/c1-25-17-8-9-18-15(13-26-20(18)12-17)11-21(24)23-10-2-3-19(23)14-4-6-16(22)7-5-14/h4-9,12-13,19H,2-3,10-11H2,1H3. The first-order chi connectivity index (χ1) is 12.7. The number of amides is 1. The number of carbonyl (C=O) groups is 1. The van der Waals surface area contributed by atoms with Gasteiger partial charge in [0.25, 0.3) is 0 Å². The molecule has 1 aliphatic heterocycles. The van der Waals surface area contributed by atoms with Gasteiger partial charge in [-0.3, -0.25) is 4.79 Å². The topological polar surface area (TPSA) is 42.7 Å². The normalized spacial score (nSPS) is 17.0. The highest BCUT2D eigenvalue weighted by Crippen LogP contribution is 2.33. The van der Waals surface area contributed by atoms with E-state index in [4.69, 9.17) is 9.15 Å². The monoisotopic (exact) mass is 353 g/mol. The summed E-state index contributed by atoms with van der Waals surface area (Å²) in [6.07, 6.45) is 3.79. The number of fused-ring (bicyclic) bond motifs is 1. The van der Waals surface area contributed by atoms with E-state index in [9.17, 15) is 9.18 Å². The number of hydrogen-bond donors (Lipinski definition) is 0. The Morgan fingerprint density at radius 2 is 2.08 bits per heavy atom. The summed E-state index contributed by atoms with van der Waals surface area (Å²) in [6.45, 7) is 0.727. The van der Waals surface area contributed by atoms with Crippen molar-refractivity contribution in [1.29, 1.82) is 0 Å². The summed E-state index contributed by atoms with van der Waals surface area (Å²) in [6, 6.07) is 12.1. The summed E-state index contributed by atoms with van der Waals surface area (Å²) in [7, 11) is 1.61. The summed E-state index contributed by atoms with van der Waals surface area (Å²) in [5.41, 5.74) is 2.57. The van der Waals surface area contributed by atoms with Gasteiger partial charge in [0.2, 0.25) is 5.91 Å². The fraction of sp³-hybridized carbons (Fsp3) is 0.286. The molecule has 0 N–H and O–H groups in total. The molecule has 4 nitrogen and oxygen atoms in total. The van der Waals surface area contributed by atoms with Gasteiger partial charge >= 0.3 is 0 Å². The zero-order valence-electron chi connectivity index (χ0n) is 14.6. The van der Waals surface area contributed by atoms with Crippen molar-refractivity contribution in [1.82, 2.24) is 4.90 Å². The molecule has 0 radical (unpaired) electrons. The van der Waals surface area contributed by atoms with Gasteiger partial charge in [-0.2, -0.15) is 0 Å². The van der Waals surface area contributed by atoms with Gasteiger partial charge in [0.05, 0.1) is 25.8 Å². The van der Waals surface area contributed by atoms with Crippen molar-refractivity contribution in [2.24, 2.45) is 0 Å². The highest BCUT2D eigenvalue weighted by Gasteiger charge is 2.30. The minimum absolute atomic E-state index is 0.0151. The van der Waals surface area contributed by atoms with Crippen LogP contribution >= 0.6 is 0 Å². The van der Waals surface area contributed by atoms with Gasteiger partial charge in [0.1, 0.15) is 17.1 Å². The highest BCUT2D eigenvalue weighted by molar-refractivity contribution is 5.88. The third-order valence-electron chi connectivity index (χ3n) is 5.03. The molecule has 3 aromatic rings. The SMILES string of the molecule is COc1ccc2c(CC(=O)N3CCCC3c3ccc(F)cc3)coc2c1. The molecule has 26 heavy (non-hydrogen) atoms.